The molecule has 0 fully saturated rings. The number of nitro groups is 1. The molecule has 3 atom stereocenters. The molecule has 0 bridgehead atoms. The van der Waals surface area contributed by atoms with Gasteiger partial charge in [0.25, 0.3) is 5.69 Å². The number of allylic oxidation sites excluding steroid dienone is 2. The van der Waals surface area contributed by atoms with E-state index in [1.54, 1.807) is 26.4 Å². The van der Waals surface area contributed by atoms with Gasteiger partial charge in [-0.2, -0.15) is 0 Å². The van der Waals surface area contributed by atoms with Crippen LogP contribution in [0.1, 0.15) is 29.5 Å². The summed E-state index contributed by atoms with van der Waals surface area (Å²) in [5, 5.41) is 15.0. The fourth-order valence-corrected chi connectivity index (χ4v) is 4.83. The molecule has 2 aromatic carbocycles. The van der Waals surface area contributed by atoms with Crippen molar-refractivity contribution in [2.24, 2.45) is 5.92 Å². The molecule has 0 amide bonds. The van der Waals surface area contributed by atoms with E-state index < -0.39 is 0 Å². The zero-order chi connectivity index (χ0) is 19.1. The lowest BCUT2D eigenvalue weighted by atomic mass is 9.76. The standard InChI is InChI=1S/C20H19BrN2O4/c1-26-17-10-11(9-15(21)20(17)27-2)18-13-6-3-5-12(13)14-7-4-8-16(23(24)25)19(14)22-18/h3-5,7-10,12-13,18,22H,6H2,1-2H3/t12-,13+,18-/m0/s1. The molecule has 0 saturated carbocycles. The van der Waals surface area contributed by atoms with E-state index in [0.717, 1.165) is 22.0 Å². The van der Waals surface area contributed by atoms with E-state index in [-0.39, 0.29) is 28.5 Å². The molecular weight excluding hydrogens is 412 g/mol. The Bertz CT molecular complexity index is 944. The van der Waals surface area contributed by atoms with Crippen molar-refractivity contribution < 1.29 is 14.4 Å². The van der Waals surface area contributed by atoms with Crippen LogP contribution >= 0.6 is 15.9 Å². The lowest BCUT2D eigenvalue weighted by Gasteiger charge is -2.37. The third kappa shape index (κ3) is 2.86. The van der Waals surface area contributed by atoms with E-state index in [9.17, 15) is 10.1 Å². The van der Waals surface area contributed by atoms with E-state index in [0.29, 0.717) is 17.2 Å². The number of nitrogens with zero attached hydrogens (tertiary/aromatic N) is 1. The van der Waals surface area contributed by atoms with Crippen LogP contribution in [0.5, 0.6) is 11.5 Å². The van der Waals surface area contributed by atoms with Crippen LogP contribution in [0.25, 0.3) is 0 Å². The topological polar surface area (TPSA) is 73.6 Å². The van der Waals surface area contributed by atoms with E-state index >= 15 is 0 Å². The predicted molar refractivity (Wildman–Crippen MR) is 107 cm³/mol. The van der Waals surface area contributed by atoms with Crippen molar-refractivity contribution in [3.63, 3.8) is 0 Å². The third-order valence-electron chi connectivity index (χ3n) is 5.39. The number of benzene rings is 2. The summed E-state index contributed by atoms with van der Waals surface area (Å²) in [4.78, 5) is 11.2. The number of para-hydroxylation sites is 1. The first-order valence-corrected chi connectivity index (χ1v) is 9.46. The smallest absolute Gasteiger partial charge is 0.292 e. The van der Waals surface area contributed by atoms with E-state index in [2.05, 4.69) is 33.4 Å². The molecule has 0 aromatic heterocycles. The van der Waals surface area contributed by atoms with Crippen LogP contribution in [0.15, 0.2) is 47.0 Å². The maximum atomic E-state index is 11.5. The highest BCUT2D eigenvalue weighted by Gasteiger charge is 2.40. The number of ether oxygens (including phenoxy) is 2. The van der Waals surface area contributed by atoms with Gasteiger partial charge in [0.15, 0.2) is 11.5 Å². The van der Waals surface area contributed by atoms with Crippen LogP contribution in [0.3, 0.4) is 0 Å². The minimum atomic E-state index is -0.327. The monoisotopic (exact) mass is 430 g/mol. The Balaban J connectivity index is 1.84. The zero-order valence-corrected chi connectivity index (χ0v) is 16.5. The first-order chi connectivity index (χ1) is 13.0. The van der Waals surface area contributed by atoms with Crippen LogP contribution in [0, 0.1) is 16.0 Å². The normalized spacial score (nSPS) is 22.6. The Morgan fingerprint density at radius 3 is 2.78 bits per heavy atom. The summed E-state index contributed by atoms with van der Waals surface area (Å²) in [5.41, 5.74) is 2.70. The number of methoxy groups -OCH3 is 2. The number of hydrogen-bond acceptors (Lipinski definition) is 5. The van der Waals surface area contributed by atoms with E-state index in [4.69, 9.17) is 9.47 Å². The van der Waals surface area contributed by atoms with Gasteiger partial charge in [-0.15, -0.1) is 0 Å². The average Bonchev–Trinajstić information content (AvgIpc) is 3.16. The quantitative estimate of drug-likeness (QED) is 0.409. The largest absolute Gasteiger partial charge is 0.493 e. The number of nitro benzene ring substituents is 1. The third-order valence-corrected chi connectivity index (χ3v) is 5.98. The van der Waals surface area contributed by atoms with Crippen LogP contribution in [0.4, 0.5) is 11.4 Å². The average molecular weight is 431 g/mol. The fraction of sp³-hybridized carbons (Fsp3) is 0.300. The summed E-state index contributed by atoms with van der Waals surface area (Å²) in [6.45, 7) is 0. The highest BCUT2D eigenvalue weighted by atomic mass is 79.9. The lowest BCUT2D eigenvalue weighted by molar-refractivity contribution is -0.384. The number of halogens is 1. The van der Waals surface area contributed by atoms with E-state index in [1.165, 1.54) is 0 Å². The van der Waals surface area contributed by atoms with Crippen molar-refractivity contribution >= 4 is 27.3 Å². The summed E-state index contributed by atoms with van der Waals surface area (Å²) < 4.78 is 11.7. The molecule has 1 N–H and O–H groups in total. The van der Waals surface area contributed by atoms with Crippen molar-refractivity contribution in [1.29, 1.82) is 0 Å². The molecule has 7 heteroatoms. The SMILES string of the molecule is COc1cc([C@@H]2Nc3c(cccc3[N+](=O)[O-])[C@H]3C=CC[C@H]32)cc(Br)c1OC. The second-order valence-electron chi connectivity index (χ2n) is 6.71. The van der Waals surface area contributed by atoms with Gasteiger partial charge >= 0.3 is 0 Å². The molecule has 27 heavy (non-hydrogen) atoms. The first kappa shape index (κ1) is 17.9. The fourth-order valence-electron chi connectivity index (χ4n) is 4.20. The Morgan fingerprint density at radius 1 is 1.26 bits per heavy atom. The summed E-state index contributed by atoms with van der Waals surface area (Å²) in [6.07, 6.45) is 5.24. The Kier molecular flexibility index (Phi) is 4.55. The Hall–Kier alpha value is -2.54. The molecule has 0 saturated heterocycles. The van der Waals surface area contributed by atoms with Crippen LogP contribution < -0.4 is 14.8 Å². The summed E-state index contributed by atoms with van der Waals surface area (Å²) in [7, 11) is 3.19. The predicted octanol–water partition coefficient (Wildman–Crippen LogP) is 5.20. The van der Waals surface area contributed by atoms with Gasteiger partial charge < -0.3 is 14.8 Å². The molecule has 1 heterocycles. The van der Waals surface area contributed by atoms with Crippen molar-refractivity contribution in [2.75, 3.05) is 19.5 Å². The molecule has 6 nitrogen and oxygen atoms in total. The number of anilines is 1. The van der Waals surface area contributed by atoms with Gasteiger partial charge in [-0.05, 0) is 51.5 Å². The Labute approximate surface area is 165 Å². The molecule has 2 aliphatic rings. The molecule has 0 unspecified atom stereocenters. The minimum Gasteiger partial charge on any atom is -0.493 e. The van der Waals surface area contributed by atoms with Crippen molar-refractivity contribution in [3.05, 3.63) is 68.2 Å². The van der Waals surface area contributed by atoms with Crippen LogP contribution in [-0.4, -0.2) is 19.1 Å². The highest BCUT2D eigenvalue weighted by molar-refractivity contribution is 9.10. The van der Waals surface area contributed by atoms with Gasteiger partial charge in [0.2, 0.25) is 0 Å². The van der Waals surface area contributed by atoms with Gasteiger partial charge in [-0.1, -0.05) is 24.3 Å². The van der Waals surface area contributed by atoms with Gasteiger partial charge in [0.1, 0.15) is 5.69 Å². The maximum absolute atomic E-state index is 11.5. The molecule has 0 radical (unpaired) electrons. The molecule has 2 aromatic rings. The minimum absolute atomic E-state index is 0.0743. The van der Waals surface area contributed by atoms with E-state index in [1.807, 2.05) is 18.2 Å². The molecule has 1 aliphatic carbocycles. The highest BCUT2D eigenvalue weighted by Crippen LogP contribution is 2.53. The van der Waals surface area contributed by atoms with Crippen LogP contribution in [-0.2, 0) is 0 Å². The summed E-state index contributed by atoms with van der Waals surface area (Å²) in [5.74, 6) is 1.69. The zero-order valence-electron chi connectivity index (χ0n) is 14.9. The maximum Gasteiger partial charge on any atom is 0.292 e. The van der Waals surface area contributed by atoms with Gasteiger partial charge in [-0.3, -0.25) is 10.1 Å². The van der Waals surface area contributed by atoms with Gasteiger partial charge in [0.05, 0.1) is 29.7 Å². The number of nitrogens with one attached hydrogen (secondary N) is 1. The van der Waals surface area contributed by atoms with Crippen LogP contribution in [0.2, 0.25) is 0 Å². The first-order valence-electron chi connectivity index (χ1n) is 8.67. The summed E-state index contributed by atoms with van der Waals surface area (Å²) in [6, 6.07) is 9.14. The molecule has 0 spiro atoms. The van der Waals surface area contributed by atoms with Gasteiger partial charge in [0, 0.05) is 12.0 Å². The molecule has 1 aliphatic heterocycles. The number of fused-ring (bicyclic) bond motifs is 3. The van der Waals surface area contributed by atoms with Crippen molar-refractivity contribution in [3.8, 4) is 11.5 Å². The Morgan fingerprint density at radius 2 is 2.07 bits per heavy atom. The molecule has 140 valence electrons. The van der Waals surface area contributed by atoms with Crippen molar-refractivity contribution in [1.82, 2.24) is 0 Å². The number of hydrogen-bond donors (Lipinski definition) is 1. The molecular formula is C20H19BrN2O4. The summed E-state index contributed by atoms with van der Waals surface area (Å²) >= 11 is 3.55. The molecule has 4 rings (SSSR count). The van der Waals surface area contributed by atoms with Gasteiger partial charge in [-0.25, -0.2) is 0 Å². The second kappa shape index (κ2) is 6.88. The second-order valence-corrected chi connectivity index (χ2v) is 7.57. The number of rotatable bonds is 4. The lowest BCUT2D eigenvalue weighted by Crippen LogP contribution is -2.29. The van der Waals surface area contributed by atoms with Crippen molar-refractivity contribution in [2.45, 2.75) is 18.4 Å².